The highest BCUT2D eigenvalue weighted by atomic mass is 16.4. The van der Waals surface area contributed by atoms with Gasteiger partial charge in [0.25, 0.3) is 0 Å². The molecular formula is C16H18B2O4. The number of hydrogen-bond acceptors (Lipinski definition) is 4. The minimum atomic E-state index is -1.37. The van der Waals surface area contributed by atoms with E-state index in [2.05, 4.69) is 0 Å². The molecule has 112 valence electrons. The lowest BCUT2D eigenvalue weighted by atomic mass is 9.91. The van der Waals surface area contributed by atoms with E-state index in [1.54, 1.807) is 12.2 Å². The minimum absolute atomic E-state index is 0.959. The van der Waals surface area contributed by atoms with Crippen LogP contribution in [-0.4, -0.2) is 34.3 Å². The second-order valence-electron chi connectivity index (χ2n) is 4.37. The van der Waals surface area contributed by atoms with Gasteiger partial charge in [-0.25, -0.2) is 0 Å². The summed E-state index contributed by atoms with van der Waals surface area (Å²) in [5.41, 5.74) is 1.92. The first kappa shape index (κ1) is 17.9. The van der Waals surface area contributed by atoms with E-state index in [0.717, 1.165) is 11.1 Å². The maximum atomic E-state index is 8.48. The Balaban J connectivity index is 0.000000220. The Morgan fingerprint density at radius 1 is 0.545 bits per heavy atom. The molecule has 0 aromatic heterocycles. The van der Waals surface area contributed by atoms with Crippen molar-refractivity contribution in [2.24, 2.45) is 0 Å². The SMILES string of the molecule is OB(O)/C=C/c1ccccc1.OB(O)/C=C/c1ccccc1. The zero-order chi connectivity index (χ0) is 16.2. The zero-order valence-corrected chi connectivity index (χ0v) is 12.0. The van der Waals surface area contributed by atoms with Gasteiger partial charge in [0, 0.05) is 0 Å². The lowest BCUT2D eigenvalue weighted by molar-refractivity contribution is 0.423. The fraction of sp³-hybridized carbons (Fsp3) is 0. The van der Waals surface area contributed by atoms with Crippen molar-refractivity contribution in [3.05, 3.63) is 83.7 Å². The van der Waals surface area contributed by atoms with Crippen LogP contribution in [0.2, 0.25) is 0 Å². The molecule has 0 unspecified atom stereocenters. The van der Waals surface area contributed by atoms with Crippen molar-refractivity contribution < 1.29 is 20.1 Å². The second-order valence-corrected chi connectivity index (χ2v) is 4.37. The molecule has 0 aliphatic heterocycles. The lowest BCUT2D eigenvalue weighted by Crippen LogP contribution is -2.05. The summed E-state index contributed by atoms with van der Waals surface area (Å²) >= 11 is 0. The van der Waals surface area contributed by atoms with Crippen LogP contribution in [0, 0.1) is 0 Å². The predicted molar refractivity (Wildman–Crippen MR) is 91.3 cm³/mol. The van der Waals surface area contributed by atoms with Crippen LogP contribution in [0.25, 0.3) is 12.2 Å². The third kappa shape index (κ3) is 8.94. The van der Waals surface area contributed by atoms with E-state index in [0.29, 0.717) is 0 Å². The number of hydrogen-bond donors (Lipinski definition) is 4. The Kier molecular flexibility index (Phi) is 8.64. The molecule has 2 aromatic rings. The van der Waals surface area contributed by atoms with E-state index in [-0.39, 0.29) is 0 Å². The normalized spacial score (nSPS) is 10.4. The van der Waals surface area contributed by atoms with Crippen LogP contribution in [0.5, 0.6) is 0 Å². The first-order valence-electron chi connectivity index (χ1n) is 6.76. The number of rotatable bonds is 4. The summed E-state index contributed by atoms with van der Waals surface area (Å²) in [7, 11) is -2.73. The smallest absolute Gasteiger partial charge is 0.424 e. The third-order valence-electron chi connectivity index (χ3n) is 2.52. The van der Waals surface area contributed by atoms with Crippen LogP contribution in [-0.2, 0) is 0 Å². The van der Waals surface area contributed by atoms with Crippen molar-refractivity contribution >= 4 is 26.4 Å². The molecule has 0 saturated carbocycles. The van der Waals surface area contributed by atoms with Crippen molar-refractivity contribution in [1.82, 2.24) is 0 Å². The van der Waals surface area contributed by atoms with Gasteiger partial charge in [-0.05, 0) is 11.1 Å². The molecule has 4 nitrogen and oxygen atoms in total. The van der Waals surface area contributed by atoms with E-state index in [1.807, 2.05) is 60.7 Å². The molecule has 4 N–H and O–H groups in total. The maximum Gasteiger partial charge on any atom is 0.480 e. The standard InChI is InChI=1S/2C8H9BO2/c2*10-9(11)7-6-8-4-2-1-3-5-8/h2*1-7,10-11H/b2*7-6+. The van der Waals surface area contributed by atoms with E-state index < -0.39 is 14.2 Å². The summed E-state index contributed by atoms with van der Waals surface area (Å²) in [5, 5.41) is 33.9. The molecule has 0 saturated heterocycles. The third-order valence-corrected chi connectivity index (χ3v) is 2.52. The molecule has 0 spiro atoms. The average molecular weight is 296 g/mol. The van der Waals surface area contributed by atoms with Crippen molar-refractivity contribution in [3.63, 3.8) is 0 Å². The maximum absolute atomic E-state index is 8.48. The predicted octanol–water partition coefficient (Wildman–Crippen LogP) is 1.42. The summed E-state index contributed by atoms with van der Waals surface area (Å²) in [5.74, 6) is 2.63. The molecule has 22 heavy (non-hydrogen) atoms. The average Bonchev–Trinajstić information content (AvgIpc) is 2.53. The van der Waals surface area contributed by atoms with Crippen LogP contribution in [0.15, 0.2) is 72.6 Å². The molecule has 0 aliphatic rings. The Morgan fingerprint density at radius 3 is 1.14 bits per heavy atom. The van der Waals surface area contributed by atoms with Crippen molar-refractivity contribution in [3.8, 4) is 0 Å². The largest absolute Gasteiger partial charge is 0.480 e. The summed E-state index contributed by atoms with van der Waals surface area (Å²) < 4.78 is 0. The number of benzene rings is 2. The van der Waals surface area contributed by atoms with Gasteiger partial charge < -0.3 is 20.1 Å². The molecule has 0 fully saturated rings. The van der Waals surface area contributed by atoms with Crippen LogP contribution < -0.4 is 0 Å². The molecule has 0 atom stereocenters. The van der Waals surface area contributed by atoms with Crippen LogP contribution in [0.1, 0.15) is 11.1 Å². The monoisotopic (exact) mass is 296 g/mol. The van der Waals surface area contributed by atoms with Crippen molar-refractivity contribution in [2.45, 2.75) is 0 Å². The first-order chi connectivity index (χ1) is 10.6. The quantitative estimate of drug-likeness (QED) is 0.643. The molecule has 0 amide bonds. The van der Waals surface area contributed by atoms with Gasteiger partial charge in [-0.3, -0.25) is 0 Å². The van der Waals surface area contributed by atoms with E-state index in [1.165, 1.54) is 12.0 Å². The minimum Gasteiger partial charge on any atom is -0.424 e. The van der Waals surface area contributed by atoms with Crippen molar-refractivity contribution in [1.29, 1.82) is 0 Å². The molecule has 0 bridgehead atoms. The highest BCUT2D eigenvalue weighted by Gasteiger charge is 1.97. The van der Waals surface area contributed by atoms with Crippen LogP contribution in [0.4, 0.5) is 0 Å². The highest BCUT2D eigenvalue weighted by molar-refractivity contribution is 6.48. The molecule has 2 rings (SSSR count). The van der Waals surface area contributed by atoms with E-state index in [9.17, 15) is 0 Å². The molecule has 6 heteroatoms. The molecule has 0 aliphatic carbocycles. The van der Waals surface area contributed by atoms with Gasteiger partial charge in [0.2, 0.25) is 0 Å². The molecule has 2 aromatic carbocycles. The summed E-state index contributed by atoms with van der Waals surface area (Å²) in [6.45, 7) is 0. The van der Waals surface area contributed by atoms with Gasteiger partial charge in [-0.2, -0.15) is 0 Å². The lowest BCUT2D eigenvalue weighted by Gasteiger charge is -1.90. The van der Waals surface area contributed by atoms with Gasteiger partial charge in [-0.15, -0.1) is 0 Å². The summed E-state index contributed by atoms with van der Waals surface area (Å²) in [6, 6.07) is 18.9. The van der Waals surface area contributed by atoms with Gasteiger partial charge in [-0.1, -0.05) is 84.8 Å². The topological polar surface area (TPSA) is 80.9 Å². The molecular weight excluding hydrogens is 278 g/mol. The van der Waals surface area contributed by atoms with Crippen LogP contribution in [0.3, 0.4) is 0 Å². The Labute approximate surface area is 131 Å². The van der Waals surface area contributed by atoms with Crippen LogP contribution >= 0.6 is 0 Å². The van der Waals surface area contributed by atoms with E-state index >= 15 is 0 Å². The van der Waals surface area contributed by atoms with Gasteiger partial charge in [0.15, 0.2) is 0 Å². The van der Waals surface area contributed by atoms with Gasteiger partial charge in [0.05, 0.1) is 0 Å². The van der Waals surface area contributed by atoms with E-state index in [4.69, 9.17) is 20.1 Å². The molecule has 0 heterocycles. The Bertz CT molecular complexity index is 516. The summed E-state index contributed by atoms with van der Waals surface area (Å²) in [4.78, 5) is 0. The molecule has 0 radical (unpaired) electrons. The first-order valence-corrected chi connectivity index (χ1v) is 6.76. The van der Waals surface area contributed by atoms with Gasteiger partial charge in [0.1, 0.15) is 0 Å². The Hall–Kier alpha value is -2.11. The fourth-order valence-corrected chi connectivity index (χ4v) is 1.52. The highest BCUT2D eigenvalue weighted by Crippen LogP contribution is 2.01. The second kappa shape index (κ2) is 10.6. The zero-order valence-electron chi connectivity index (χ0n) is 12.0. The summed E-state index contributed by atoms with van der Waals surface area (Å²) in [6.07, 6.45) is 3.31. The van der Waals surface area contributed by atoms with Gasteiger partial charge >= 0.3 is 14.2 Å². The van der Waals surface area contributed by atoms with Crippen molar-refractivity contribution in [2.75, 3.05) is 0 Å². The fourth-order valence-electron chi connectivity index (χ4n) is 1.52. The Morgan fingerprint density at radius 2 is 0.864 bits per heavy atom.